The second-order valence-electron chi connectivity index (χ2n) is 6.25. The standard InChI is InChI=1S/C11H12/c1-2-11(1)9-5-3-4-7(9)8(4)10(11)6(3)5/h3-10H,1-2H2. The molecule has 4 atom stereocenters. The monoisotopic (exact) mass is 144 g/mol. The van der Waals surface area contributed by atoms with E-state index in [1.54, 1.807) is 12.8 Å². The Balaban J connectivity index is 1.82. The Morgan fingerprint density at radius 3 is 1.45 bits per heavy atom. The highest BCUT2D eigenvalue weighted by Gasteiger charge is 2.98. The maximum absolute atomic E-state index is 1.65. The van der Waals surface area contributed by atoms with Gasteiger partial charge in [0.25, 0.3) is 0 Å². The summed E-state index contributed by atoms with van der Waals surface area (Å²) in [5.74, 6) is 10.6. The van der Waals surface area contributed by atoms with Crippen molar-refractivity contribution in [1.82, 2.24) is 0 Å². The molecule has 0 heteroatoms. The van der Waals surface area contributed by atoms with Crippen LogP contribution in [0.5, 0.6) is 0 Å². The molecule has 0 aliphatic heterocycles. The Bertz CT molecular complexity index is 266. The van der Waals surface area contributed by atoms with Gasteiger partial charge in [-0.05, 0) is 65.6 Å². The summed E-state index contributed by atoms with van der Waals surface area (Å²) in [4.78, 5) is 0. The minimum absolute atomic E-state index is 1.04. The molecule has 0 amide bonds. The maximum atomic E-state index is 1.65. The second-order valence-corrected chi connectivity index (χ2v) is 6.25. The van der Waals surface area contributed by atoms with Crippen LogP contribution in [0.25, 0.3) is 0 Å². The van der Waals surface area contributed by atoms with E-state index in [1.165, 1.54) is 47.3 Å². The first-order valence-electron chi connectivity index (χ1n) is 5.45. The van der Waals surface area contributed by atoms with Crippen LogP contribution in [0.3, 0.4) is 0 Å². The summed E-state index contributed by atoms with van der Waals surface area (Å²) in [6, 6.07) is 0. The first-order valence-corrected chi connectivity index (χ1v) is 5.45. The van der Waals surface area contributed by atoms with E-state index < -0.39 is 0 Å². The summed E-state index contributed by atoms with van der Waals surface area (Å²) < 4.78 is 0. The van der Waals surface area contributed by atoms with Gasteiger partial charge in [0.2, 0.25) is 0 Å². The van der Waals surface area contributed by atoms with E-state index in [-0.39, 0.29) is 0 Å². The minimum atomic E-state index is 1.04. The molecular formula is C11H12. The Kier molecular flexibility index (Phi) is 0.309. The molecule has 4 unspecified atom stereocenters. The number of hydrogen-bond acceptors (Lipinski definition) is 0. The van der Waals surface area contributed by atoms with Gasteiger partial charge in [-0.2, -0.15) is 0 Å². The Labute approximate surface area is 66.4 Å². The molecule has 0 radical (unpaired) electrons. The van der Waals surface area contributed by atoms with Crippen LogP contribution in [0.1, 0.15) is 12.8 Å². The van der Waals surface area contributed by atoms with Crippen molar-refractivity contribution in [2.45, 2.75) is 12.8 Å². The van der Waals surface area contributed by atoms with Crippen LogP contribution in [0.2, 0.25) is 0 Å². The molecular weight excluding hydrogens is 132 g/mol. The average Bonchev–Trinajstić information content (AvgIpc) is 2.91. The third-order valence-corrected chi connectivity index (χ3v) is 6.64. The first-order chi connectivity index (χ1) is 5.45. The molecule has 11 heavy (non-hydrogen) atoms. The predicted octanol–water partition coefficient (Wildman–Crippen LogP) is 1.76. The lowest BCUT2D eigenvalue weighted by molar-refractivity contribution is 0.303. The molecule has 0 N–H and O–H groups in total. The molecule has 7 aliphatic carbocycles. The summed E-state index contributed by atoms with van der Waals surface area (Å²) in [6.07, 6.45) is 3.31. The lowest BCUT2D eigenvalue weighted by Gasteiger charge is -2.16. The topological polar surface area (TPSA) is 0 Å². The summed E-state index contributed by atoms with van der Waals surface area (Å²) in [5, 5.41) is 0. The van der Waals surface area contributed by atoms with E-state index >= 15 is 0 Å². The van der Waals surface area contributed by atoms with Crippen molar-refractivity contribution >= 4 is 0 Å². The van der Waals surface area contributed by atoms with Gasteiger partial charge in [-0.3, -0.25) is 0 Å². The highest BCUT2D eigenvalue weighted by molar-refractivity contribution is 5.44. The first kappa shape index (κ1) is 4.30. The van der Waals surface area contributed by atoms with Crippen molar-refractivity contribution in [2.24, 2.45) is 52.8 Å². The average molecular weight is 144 g/mol. The van der Waals surface area contributed by atoms with Gasteiger partial charge in [0.05, 0.1) is 0 Å². The fourth-order valence-corrected chi connectivity index (χ4v) is 6.79. The third kappa shape index (κ3) is 0.197. The van der Waals surface area contributed by atoms with Crippen LogP contribution in [-0.2, 0) is 0 Å². The van der Waals surface area contributed by atoms with E-state index in [0.717, 1.165) is 5.41 Å². The zero-order valence-corrected chi connectivity index (χ0v) is 6.53. The van der Waals surface area contributed by atoms with E-state index in [4.69, 9.17) is 0 Å². The molecule has 0 heterocycles. The normalized spacial score (nSPS) is 91.6. The molecule has 0 aromatic carbocycles. The van der Waals surface area contributed by atoms with Crippen LogP contribution < -0.4 is 0 Å². The molecule has 1 spiro atoms. The summed E-state index contributed by atoms with van der Waals surface area (Å²) >= 11 is 0. The lowest BCUT2D eigenvalue weighted by Crippen LogP contribution is -2.12. The van der Waals surface area contributed by atoms with Gasteiger partial charge in [0.1, 0.15) is 0 Å². The fraction of sp³-hybridized carbons (Fsp3) is 1.00. The van der Waals surface area contributed by atoms with E-state index in [9.17, 15) is 0 Å². The fourth-order valence-electron chi connectivity index (χ4n) is 6.79. The maximum Gasteiger partial charge on any atom is -0.0229 e. The highest BCUT2D eigenvalue weighted by atomic mass is 15.0. The van der Waals surface area contributed by atoms with Crippen molar-refractivity contribution in [3.8, 4) is 0 Å². The van der Waals surface area contributed by atoms with Gasteiger partial charge >= 0.3 is 0 Å². The van der Waals surface area contributed by atoms with Crippen LogP contribution in [0, 0.1) is 52.8 Å². The minimum Gasteiger partial charge on any atom is -0.0465 e. The predicted molar refractivity (Wildman–Crippen MR) is 39.6 cm³/mol. The van der Waals surface area contributed by atoms with Gasteiger partial charge < -0.3 is 0 Å². The third-order valence-electron chi connectivity index (χ3n) is 6.64. The Morgan fingerprint density at radius 2 is 1.09 bits per heavy atom. The Hall–Kier alpha value is 0. The molecule has 56 valence electrons. The van der Waals surface area contributed by atoms with Crippen molar-refractivity contribution < 1.29 is 0 Å². The highest BCUT2D eigenvalue weighted by Crippen LogP contribution is 3.02. The molecule has 0 nitrogen and oxygen atoms in total. The van der Waals surface area contributed by atoms with Crippen molar-refractivity contribution in [2.75, 3.05) is 0 Å². The van der Waals surface area contributed by atoms with E-state index in [1.807, 2.05) is 0 Å². The Morgan fingerprint density at radius 1 is 0.636 bits per heavy atom. The quantitative estimate of drug-likeness (QED) is 0.486. The summed E-state index contributed by atoms with van der Waals surface area (Å²) in [7, 11) is 0. The molecule has 0 saturated heterocycles. The van der Waals surface area contributed by atoms with Crippen LogP contribution >= 0.6 is 0 Å². The molecule has 7 aliphatic rings. The SMILES string of the molecule is C1CC12C1C3C4C5C1C5C2C43. The zero-order valence-electron chi connectivity index (χ0n) is 6.53. The van der Waals surface area contributed by atoms with Gasteiger partial charge in [-0.25, -0.2) is 0 Å². The van der Waals surface area contributed by atoms with Crippen LogP contribution in [0.4, 0.5) is 0 Å². The van der Waals surface area contributed by atoms with Gasteiger partial charge in [-0.1, -0.05) is 0 Å². The molecule has 0 aromatic heterocycles. The molecule has 2 bridgehead atoms. The zero-order chi connectivity index (χ0) is 6.53. The van der Waals surface area contributed by atoms with Crippen molar-refractivity contribution in [1.29, 1.82) is 0 Å². The van der Waals surface area contributed by atoms with E-state index in [0.29, 0.717) is 0 Å². The molecule has 0 aromatic rings. The summed E-state index contributed by atoms with van der Waals surface area (Å²) in [5.41, 5.74) is 1.04. The molecule has 7 fully saturated rings. The van der Waals surface area contributed by atoms with Gasteiger partial charge in [0, 0.05) is 0 Å². The van der Waals surface area contributed by atoms with Gasteiger partial charge in [-0.15, -0.1) is 0 Å². The summed E-state index contributed by atoms with van der Waals surface area (Å²) in [6.45, 7) is 0. The molecule has 7 saturated carbocycles. The second kappa shape index (κ2) is 0.791. The van der Waals surface area contributed by atoms with Crippen LogP contribution in [-0.4, -0.2) is 0 Å². The number of hydrogen-bond donors (Lipinski definition) is 0. The largest absolute Gasteiger partial charge is 0.0465 e. The molecule has 7 rings (SSSR count). The van der Waals surface area contributed by atoms with Crippen molar-refractivity contribution in [3.63, 3.8) is 0 Å². The lowest BCUT2D eigenvalue weighted by atomic mass is 9.88. The van der Waals surface area contributed by atoms with Crippen LogP contribution in [0.15, 0.2) is 0 Å². The smallest absolute Gasteiger partial charge is 0.0229 e. The van der Waals surface area contributed by atoms with Crippen molar-refractivity contribution in [3.05, 3.63) is 0 Å². The number of rotatable bonds is 0. The van der Waals surface area contributed by atoms with E-state index in [2.05, 4.69) is 0 Å². The van der Waals surface area contributed by atoms with Gasteiger partial charge in [0.15, 0.2) is 0 Å².